The van der Waals surface area contributed by atoms with Gasteiger partial charge in [0.1, 0.15) is 6.04 Å². The maximum Gasteiger partial charge on any atom is 0.243 e. The van der Waals surface area contributed by atoms with Crippen LogP contribution in [0.4, 0.5) is 0 Å². The second kappa shape index (κ2) is 12.2. The second-order valence-corrected chi connectivity index (χ2v) is 9.09. The van der Waals surface area contributed by atoms with Crippen molar-refractivity contribution < 1.29 is 9.59 Å². The predicted molar refractivity (Wildman–Crippen MR) is 127 cm³/mol. The van der Waals surface area contributed by atoms with Crippen LogP contribution in [-0.2, 0) is 21.9 Å². The molecule has 0 unspecified atom stereocenters. The first-order valence-corrected chi connectivity index (χ1v) is 11.9. The van der Waals surface area contributed by atoms with E-state index in [9.17, 15) is 9.59 Å². The van der Waals surface area contributed by atoms with Gasteiger partial charge < -0.3 is 10.2 Å². The molecule has 0 fully saturated rings. The van der Waals surface area contributed by atoms with Gasteiger partial charge in [0.25, 0.3) is 0 Å². The van der Waals surface area contributed by atoms with E-state index in [0.717, 1.165) is 11.1 Å². The molecule has 0 aliphatic carbocycles. The Hall–Kier alpha value is -1.69. The first-order valence-electron chi connectivity index (χ1n) is 9.97. The largest absolute Gasteiger partial charge is 0.352 e. The lowest BCUT2D eigenvalue weighted by Crippen LogP contribution is -2.50. The zero-order valence-electron chi connectivity index (χ0n) is 17.5. The molecule has 1 atom stereocenters. The van der Waals surface area contributed by atoms with Crippen molar-refractivity contribution in [3.8, 4) is 0 Å². The van der Waals surface area contributed by atoms with Gasteiger partial charge in [-0.1, -0.05) is 66.5 Å². The van der Waals surface area contributed by atoms with Gasteiger partial charge >= 0.3 is 0 Å². The van der Waals surface area contributed by atoms with Crippen LogP contribution in [0.15, 0.2) is 48.5 Å². The van der Waals surface area contributed by atoms with Crippen molar-refractivity contribution >= 4 is 46.8 Å². The van der Waals surface area contributed by atoms with Gasteiger partial charge in [0, 0.05) is 28.4 Å². The molecular weight excluding hydrogens is 439 g/mol. The smallest absolute Gasteiger partial charge is 0.243 e. The summed E-state index contributed by atoms with van der Waals surface area (Å²) in [7, 11) is 0. The van der Waals surface area contributed by atoms with Crippen LogP contribution in [0.5, 0.6) is 0 Å². The Balaban J connectivity index is 2.13. The second-order valence-electron chi connectivity index (χ2n) is 7.29. The highest BCUT2D eigenvalue weighted by atomic mass is 35.5. The summed E-state index contributed by atoms with van der Waals surface area (Å²) in [6, 6.07) is 14.6. The van der Waals surface area contributed by atoms with Gasteiger partial charge in [0.15, 0.2) is 0 Å². The molecule has 0 aliphatic heterocycles. The number of carbonyl (C=O) groups is 2. The highest BCUT2D eigenvalue weighted by Crippen LogP contribution is 2.28. The molecule has 2 rings (SSSR count). The number of nitrogens with zero attached hydrogens (tertiary/aromatic N) is 1. The van der Waals surface area contributed by atoms with E-state index in [1.54, 1.807) is 23.1 Å². The van der Waals surface area contributed by atoms with Gasteiger partial charge in [-0.3, -0.25) is 9.59 Å². The van der Waals surface area contributed by atoms with Crippen LogP contribution >= 0.6 is 35.0 Å². The minimum atomic E-state index is -0.524. The van der Waals surface area contributed by atoms with Crippen LogP contribution in [-0.4, -0.2) is 34.6 Å². The summed E-state index contributed by atoms with van der Waals surface area (Å²) in [5.41, 5.74) is 1.80. The van der Waals surface area contributed by atoms with E-state index >= 15 is 0 Å². The summed E-state index contributed by atoms with van der Waals surface area (Å²) in [4.78, 5) is 27.6. The number of rotatable bonds is 10. The first-order chi connectivity index (χ1) is 14.3. The summed E-state index contributed by atoms with van der Waals surface area (Å²) in [5.74, 6) is 0.548. The number of halogens is 2. The molecule has 2 aromatic carbocycles. The Labute approximate surface area is 193 Å². The number of hydrogen-bond acceptors (Lipinski definition) is 3. The van der Waals surface area contributed by atoms with Crippen LogP contribution in [0, 0.1) is 0 Å². The molecule has 0 bridgehead atoms. The summed E-state index contributed by atoms with van der Waals surface area (Å²) in [6.45, 7) is 6.14. The Morgan fingerprint density at radius 1 is 1.03 bits per heavy atom. The SMILES string of the molecule is CC[C@H](C(=O)NC(C)C)N(Cc1ccccc1)C(=O)CSCc1c(Cl)cccc1Cl. The molecule has 2 amide bonds. The Kier molecular flexibility index (Phi) is 10.0. The minimum absolute atomic E-state index is 0.0111. The lowest BCUT2D eigenvalue weighted by atomic mass is 10.1. The monoisotopic (exact) mass is 466 g/mol. The maximum atomic E-state index is 13.2. The van der Waals surface area contributed by atoms with Crippen LogP contribution < -0.4 is 5.32 Å². The quantitative estimate of drug-likeness (QED) is 0.498. The molecule has 0 saturated heterocycles. The molecule has 162 valence electrons. The van der Waals surface area contributed by atoms with Gasteiger partial charge in [-0.15, -0.1) is 11.8 Å². The van der Waals surface area contributed by atoms with E-state index in [1.807, 2.05) is 51.1 Å². The highest BCUT2D eigenvalue weighted by molar-refractivity contribution is 7.99. The van der Waals surface area contributed by atoms with Gasteiger partial charge in [-0.25, -0.2) is 0 Å². The van der Waals surface area contributed by atoms with Crippen molar-refractivity contribution in [2.24, 2.45) is 0 Å². The lowest BCUT2D eigenvalue weighted by molar-refractivity contribution is -0.139. The average molecular weight is 467 g/mol. The van der Waals surface area contributed by atoms with Crippen molar-refractivity contribution in [2.75, 3.05) is 5.75 Å². The van der Waals surface area contributed by atoms with E-state index in [1.165, 1.54) is 11.8 Å². The van der Waals surface area contributed by atoms with E-state index < -0.39 is 6.04 Å². The third kappa shape index (κ3) is 7.22. The summed E-state index contributed by atoms with van der Waals surface area (Å²) in [6.07, 6.45) is 0.540. The fraction of sp³-hybridized carbons (Fsp3) is 0.391. The number of amides is 2. The molecule has 0 aliphatic rings. The molecule has 7 heteroatoms. The number of nitrogens with one attached hydrogen (secondary N) is 1. The third-order valence-electron chi connectivity index (χ3n) is 4.55. The van der Waals surface area contributed by atoms with Gasteiger partial charge in [0.2, 0.25) is 11.8 Å². The molecule has 0 radical (unpaired) electrons. The summed E-state index contributed by atoms with van der Waals surface area (Å²) in [5, 5.41) is 4.12. The molecule has 0 aromatic heterocycles. The molecule has 1 N–H and O–H groups in total. The van der Waals surface area contributed by atoms with Crippen molar-refractivity contribution in [3.05, 3.63) is 69.7 Å². The molecule has 4 nitrogen and oxygen atoms in total. The molecule has 0 heterocycles. The Bertz CT molecular complexity index is 826. The molecular formula is C23H28Cl2N2O2S. The summed E-state index contributed by atoms with van der Waals surface area (Å²) >= 11 is 13.9. The molecule has 2 aromatic rings. The molecule has 0 spiro atoms. The molecule has 30 heavy (non-hydrogen) atoms. The van der Waals surface area contributed by atoms with Gasteiger partial charge in [-0.2, -0.15) is 0 Å². The Morgan fingerprint density at radius 3 is 2.23 bits per heavy atom. The fourth-order valence-corrected chi connectivity index (χ4v) is 4.72. The minimum Gasteiger partial charge on any atom is -0.352 e. The lowest BCUT2D eigenvalue weighted by Gasteiger charge is -2.31. The van der Waals surface area contributed by atoms with E-state index in [0.29, 0.717) is 28.8 Å². The number of thioether (sulfide) groups is 1. The number of benzene rings is 2. The fourth-order valence-electron chi connectivity index (χ4n) is 3.07. The number of carbonyl (C=O) groups excluding carboxylic acids is 2. The normalized spacial score (nSPS) is 11.9. The van der Waals surface area contributed by atoms with Crippen LogP contribution in [0.25, 0.3) is 0 Å². The maximum absolute atomic E-state index is 13.2. The van der Waals surface area contributed by atoms with Crippen molar-refractivity contribution in [1.29, 1.82) is 0 Å². The third-order valence-corrected chi connectivity index (χ3v) is 6.20. The van der Waals surface area contributed by atoms with Crippen LogP contribution in [0.1, 0.15) is 38.3 Å². The highest BCUT2D eigenvalue weighted by Gasteiger charge is 2.28. The Morgan fingerprint density at radius 2 is 1.67 bits per heavy atom. The van der Waals surface area contributed by atoms with E-state index in [-0.39, 0.29) is 23.6 Å². The van der Waals surface area contributed by atoms with E-state index in [4.69, 9.17) is 23.2 Å². The van der Waals surface area contributed by atoms with Gasteiger partial charge in [-0.05, 0) is 43.5 Å². The van der Waals surface area contributed by atoms with Crippen molar-refractivity contribution in [3.63, 3.8) is 0 Å². The zero-order valence-corrected chi connectivity index (χ0v) is 19.9. The van der Waals surface area contributed by atoms with Gasteiger partial charge in [0.05, 0.1) is 5.75 Å². The van der Waals surface area contributed by atoms with E-state index in [2.05, 4.69) is 5.32 Å². The topological polar surface area (TPSA) is 49.4 Å². The standard InChI is InChI=1S/C23H28Cl2N2O2S/c1-4-21(23(29)26-16(2)3)27(13-17-9-6-5-7-10-17)22(28)15-30-14-18-19(24)11-8-12-20(18)25/h5-12,16,21H,4,13-15H2,1-3H3,(H,26,29)/t21-/m1/s1. The van der Waals surface area contributed by atoms with Crippen LogP contribution in [0.2, 0.25) is 10.0 Å². The predicted octanol–water partition coefficient (Wildman–Crippen LogP) is 5.56. The number of hydrogen-bond donors (Lipinski definition) is 1. The van der Waals surface area contributed by atoms with Crippen molar-refractivity contribution in [1.82, 2.24) is 10.2 Å². The summed E-state index contributed by atoms with van der Waals surface area (Å²) < 4.78 is 0. The van der Waals surface area contributed by atoms with Crippen LogP contribution in [0.3, 0.4) is 0 Å². The first kappa shape index (κ1) is 24.6. The van der Waals surface area contributed by atoms with Crippen molar-refractivity contribution in [2.45, 2.75) is 51.6 Å². The molecule has 0 saturated carbocycles. The zero-order chi connectivity index (χ0) is 22.1. The average Bonchev–Trinajstić information content (AvgIpc) is 2.70.